The first-order chi connectivity index (χ1) is 9.22. The van der Waals surface area contributed by atoms with Gasteiger partial charge in [-0.05, 0) is 36.4 Å². The highest BCUT2D eigenvalue weighted by Gasteiger charge is 2.03. The van der Waals surface area contributed by atoms with Crippen molar-refractivity contribution in [3.05, 3.63) is 65.1 Å². The lowest BCUT2D eigenvalue weighted by Gasteiger charge is -2.08. The van der Waals surface area contributed by atoms with Crippen LogP contribution in [0, 0.1) is 5.82 Å². The van der Waals surface area contributed by atoms with Crippen LogP contribution >= 0.6 is 11.6 Å². The average molecular weight is 275 g/mol. The van der Waals surface area contributed by atoms with Gasteiger partial charge >= 0.3 is 0 Å². The summed E-state index contributed by atoms with van der Waals surface area (Å²) in [5, 5.41) is 4.74. The zero-order chi connectivity index (χ0) is 13.2. The van der Waals surface area contributed by atoms with Gasteiger partial charge in [-0.3, -0.25) is 0 Å². The van der Waals surface area contributed by atoms with E-state index in [1.165, 1.54) is 6.07 Å². The molecule has 0 unspecified atom stereocenters. The first-order valence-electron chi connectivity index (χ1n) is 5.97. The van der Waals surface area contributed by atoms with E-state index in [1.54, 1.807) is 12.1 Å². The van der Waals surface area contributed by atoms with Crippen LogP contribution < -0.4 is 5.32 Å². The predicted molar refractivity (Wildman–Crippen MR) is 77.0 cm³/mol. The number of halogens is 2. The summed E-state index contributed by atoms with van der Waals surface area (Å²) in [7, 11) is 0. The Morgan fingerprint density at radius 1 is 1.11 bits per heavy atom. The Kier molecular flexibility index (Phi) is 3.13. The summed E-state index contributed by atoms with van der Waals surface area (Å²) in [6.45, 7) is 0.429. The molecule has 0 fully saturated rings. The van der Waals surface area contributed by atoms with Gasteiger partial charge in [0.1, 0.15) is 5.82 Å². The smallest absolute Gasteiger partial charge is 0.129 e. The molecule has 4 heteroatoms. The van der Waals surface area contributed by atoms with Gasteiger partial charge in [-0.1, -0.05) is 17.7 Å². The summed E-state index contributed by atoms with van der Waals surface area (Å²) in [6.07, 6.45) is 1.90. The van der Waals surface area contributed by atoms with Crippen molar-refractivity contribution in [2.75, 3.05) is 5.32 Å². The molecule has 2 N–H and O–H groups in total. The van der Waals surface area contributed by atoms with E-state index >= 15 is 0 Å². The maximum Gasteiger partial charge on any atom is 0.129 e. The highest BCUT2D eigenvalue weighted by atomic mass is 35.5. The van der Waals surface area contributed by atoms with E-state index in [0.29, 0.717) is 17.1 Å². The van der Waals surface area contributed by atoms with Gasteiger partial charge in [0, 0.05) is 39.9 Å². The van der Waals surface area contributed by atoms with Crippen molar-refractivity contribution < 1.29 is 4.39 Å². The summed E-state index contributed by atoms with van der Waals surface area (Å²) in [6, 6.07) is 12.7. The van der Waals surface area contributed by atoms with E-state index in [9.17, 15) is 4.39 Å². The molecule has 0 saturated carbocycles. The number of H-pyrrole nitrogens is 1. The molecule has 0 bridgehead atoms. The molecular formula is C15H12ClFN2. The molecule has 2 nitrogen and oxygen atoms in total. The molecular weight excluding hydrogens is 263 g/mol. The molecule has 3 aromatic rings. The van der Waals surface area contributed by atoms with E-state index in [4.69, 9.17) is 11.6 Å². The zero-order valence-electron chi connectivity index (χ0n) is 10.1. The van der Waals surface area contributed by atoms with Crippen LogP contribution in [-0.2, 0) is 6.54 Å². The number of fused-ring (bicyclic) bond motifs is 1. The molecule has 0 saturated heterocycles. The Bertz CT molecular complexity index is 721. The number of rotatable bonds is 3. The number of aromatic amines is 1. The Hall–Kier alpha value is -2.00. The van der Waals surface area contributed by atoms with Crippen LogP contribution in [0.3, 0.4) is 0 Å². The summed E-state index contributed by atoms with van der Waals surface area (Å²) in [5.41, 5.74) is 2.64. The topological polar surface area (TPSA) is 27.8 Å². The molecule has 3 rings (SSSR count). The number of aromatic nitrogens is 1. The standard InChI is InChI=1S/C15H12ClFN2/c16-12-2-1-11(14(17)8-12)9-19-13-3-4-15-10(7-13)5-6-18-15/h1-8,18-19H,9H2. The SMILES string of the molecule is Fc1cc(Cl)ccc1CNc1ccc2[nH]ccc2c1. The third-order valence-corrected chi connectivity index (χ3v) is 3.29. The minimum atomic E-state index is -0.289. The average Bonchev–Trinajstić information content (AvgIpc) is 2.85. The maximum absolute atomic E-state index is 13.6. The van der Waals surface area contributed by atoms with Crippen LogP contribution in [0.4, 0.5) is 10.1 Å². The van der Waals surface area contributed by atoms with Gasteiger partial charge in [0.25, 0.3) is 0 Å². The summed E-state index contributed by atoms with van der Waals surface area (Å²) in [4.78, 5) is 3.13. The molecule has 0 aliphatic carbocycles. The van der Waals surface area contributed by atoms with Crippen LogP contribution in [0.15, 0.2) is 48.7 Å². The van der Waals surface area contributed by atoms with E-state index in [2.05, 4.69) is 10.3 Å². The number of nitrogens with one attached hydrogen (secondary N) is 2. The van der Waals surface area contributed by atoms with Crippen molar-refractivity contribution >= 4 is 28.2 Å². The number of benzene rings is 2. The molecule has 0 atom stereocenters. The molecule has 1 heterocycles. The first-order valence-corrected chi connectivity index (χ1v) is 6.35. The lowest BCUT2D eigenvalue weighted by Crippen LogP contribution is -2.01. The molecule has 96 valence electrons. The quantitative estimate of drug-likeness (QED) is 0.719. The number of hydrogen-bond donors (Lipinski definition) is 2. The Labute approximate surface area is 115 Å². The lowest BCUT2D eigenvalue weighted by molar-refractivity contribution is 0.613. The van der Waals surface area contributed by atoms with Gasteiger partial charge in [-0.15, -0.1) is 0 Å². The zero-order valence-corrected chi connectivity index (χ0v) is 10.8. The molecule has 0 aliphatic rings. The van der Waals surface area contributed by atoms with Crippen molar-refractivity contribution in [1.82, 2.24) is 4.98 Å². The van der Waals surface area contributed by atoms with Crippen LogP contribution in [0.1, 0.15) is 5.56 Å². The molecule has 19 heavy (non-hydrogen) atoms. The van der Waals surface area contributed by atoms with Gasteiger partial charge in [0.2, 0.25) is 0 Å². The van der Waals surface area contributed by atoms with Crippen LogP contribution in [0.2, 0.25) is 5.02 Å². The maximum atomic E-state index is 13.6. The monoisotopic (exact) mass is 274 g/mol. The predicted octanol–water partition coefficient (Wildman–Crippen LogP) is 4.57. The van der Waals surface area contributed by atoms with E-state index < -0.39 is 0 Å². The molecule has 2 aromatic carbocycles. The van der Waals surface area contributed by atoms with E-state index in [1.807, 2.05) is 30.5 Å². The number of hydrogen-bond acceptors (Lipinski definition) is 1. The Morgan fingerprint density at radius 3 is 2.84 bits per heavy atom. The lowest BCUT2D eigenvalue weighted by atomic mass is 10.2. The highest BCUT2D eigenvalue weighted by Crippen LogP contribution is 2.20. The van der Waals surface area contributed by atoms with E-state index in [-0.39, 0.29) is 5.82 Å². The molecule has 0 spiro atoms. The minimum absolute atomic E-state index is 0.289. The van der Waals surface area contributed by atoms with Crippen LogP contribution in [0.25, 0.3) is 10.9 Å². The molecule has 0 amide bonds. The molecule has 1 aromatic heterocycles. The summed E-state index contributed by atoms with van der Waals surface area (Å²) < 4.78 is 13.6. The second-order valence-electron chi connectivity index (χ2n) is 4.37. The third kappa shape index (κ3) is 2.56. The van der Waals surface area contributed by atoms with Crippen LogP contribution in [-0.4, -0.2) is 4.98 Å². The largest absolute Gasteiger partial charge is 0.381 e. The summed E-state index contributed by atoms with van der Waals surface area (Å²) >= 11 is 5.72. The van der Waals surface area contributed by atoms with E-state index in [0.717, 1.165) is 16.6 Å². The van der Waals surface area contributed by atoms with Crippen molar-refractivity contribution in [3.8, 4) is 0 Å². The first kappa shape index (κ1) is 12.1. The van der Waals surface area contributed by atoms with Crippen LogP contribution in [0.5, 0.6) is 0 Å². The van der Waals surface area contributed by atoms with Crippen molar-refractivity contribution in [2.24, 2.45) is 0 Å². The van der Waals surface area contributed by atoms with Gasteiger partial charge in [0.05, 0.1) is 0 Å². The fourth-order valence-corrected chi connectivity index (χ4v) is 2.18. The third-order valence-electron chi connectivity index (χ3n) is 3.05. The van der Waals surface area contributed by atoms with Crippen molar-refractivity contribution in [1.29, 1.82) is 0 Å². The van der Waals surface area contributed by atoms with Crippen molar-refractivity contribution in [2.45, 2.75) is 6.54 Å². The van der Waals surface area contributed by atoms with Gasteiger partial charge < -0.3 is 10.3 Å². The van der Waals surface area contributed by atoms with Gasteiger partial charge in [-0.2, -0.15) is 0 Å². The second kappa shape index (κ2) is 4.94. The number of anilines is 1. The fraction of sp³-hybridized carbons (Fsp3) is 0.0667. The summed E-state index contributed by atoms with van der Waals surface area (Å²) in [5.74, 6) is -0.289. The molecule has 0 aliphatic heterocycles. The molecule has 0 radical (unpaired) electrons. The highest BCUT2D eigenvalue weighted by molar-refractivity contribution is 6.30. The second-order valence-corrected chi connectivity index (χ2v) is 4.81. The minimum Gasteiger partial charge on any atom is -0.381 e. The Balaban J connectivity index is 1.77. The van der Waals surface area contributed by atoms with Gasteiger partial charge in [-0.25, -0.2) is 4.39 Å². The van der Waals surface area contributed by atoms with Crippen molar-refractivity contribution in [3.63, 3.8) is 0 Å². The normalized spacial score (nSPS) is 10.8. The Morgan fingerprint density at radius 2 is 2.00 bits per heavy atom. The fourth-order valence-electron chi connectivity index (χ4n) is 2.03. The van der Waals surface area contributed by atoms with Gasteiger partial charge in [0.15, 0.2) is 0 Å².